The van der Waals surface area contributed by atoms with Crippen LogP contribution in [-0.2, 0) is 4.74 Å². The minimum absolute atomic E-state index is 0.603. The highest BCUT2D eigenvalue weighted by Gasteiger charge is 2.03. The molecule has 2 aromatic rings. The third-order valence-corrected chi connectivity index (χ3v) is 2.76. The van der Waals surface area contributed by atoms with E-state index in [1.54, 1.807) is 6.20 Å². The Kier molecular flexibility index (Phi) is 4.36. The van der Waals surface area contributed by atoms with Crippen LogP contribution in [0.3, 0.4) is 0 Å². The number of hydrogen-bond acceptors (Lipinski definition) is 4. The van der Waals surface area contributed by atoms with Crippen molar-refractivity contribution < 1.29 is 4.74 Å². The first-order valence-corrected chi connectivity index (χ1v) is 6.26. The molecule has 1 aromatic carbocycles. The highest BCUT2D eigenvalue weighted by atomic mass is 16.5. The number of hydrogen-bond donors (Lipinski definition) is 2. The van der Waals surface area contributed by atoms with Crippen molar-refractivity contribution in [1.29, 1.82) is 0 Å². The summed E-state index contributed by atoms with van der Waals surface area (Å²) >= 11 is 0. The van der Waals surface area contributed by atoms with E-state index >= 15 is 0 Å². The molecule has 0 spiro atoms. The fraction of sp³-hybridized carbons (Fsp3) is 0.267. The van der Waals surface area contributed by atoms with Crippen molar-refractivity contribution in [3.8, 4) is 0 Å². The topological polar surface area (TPSA) is 60.2 Å². The van der Waals surface area contributed by atoms with Crippen molar-refractivity contribution in [2.24, 2.45) is 0 Å². The second-order valence-electron chi connectivity index (χ2n) is 4.56. The SMILES string of the molecule is C=C(C)COCCNc1ccc(N)c2ccncc12. The van der Waals surface area contributed by atoms with Crippen molar-refractivity contribution in [2.45, 2.75) is 6.92 Å². The average molecular weight is 257 g/mol. The minimum atomic E-state index is 0.603. The molecule has 0 aliphatic heterocycles. The van der Waals surface area contributed by atoms with Gasteiger partial charge in [-0.05, 0) is 25.1 Å². The lowest BCUT2D eigenvalue weighted by Crippen LogP contribution is -2.10. The summed E-state index contributed by atoms with van der Waals surface area (Å²) in [6.45, 7) is 7.72. The van der Waals surface area contributed by atoms with Crippen molar-refractivity contribution >= 4 is 22.1 Å². The summed E-state index contributed by atoms with van der Waals surface area (Å²) in [4.78, 5) is 4.14. The number of fused-ring (bicyclic) bond motifs is 1. The van der Waals surface area contributed by atoms with Gasteiger partial charge < -0.3 is 15.8 Å². The molecule has 0 unspecified atom stereocenters. The number of nitrogens with zero attached hydrogens (tertiary/aromatic N) is 1. The molecule has 0 fully saturated rings. The predicted molar refractivity (Wildman–Crippen MR) is 80.3 cm³/mol. The van der Waals surface area contributed by atoms with Gasteiger partial charge in [0.1, 0.15) is 0 Å². The summed E-state index contributed by atoms with van der Waals surface area (Å²) < 4.78 is 5.45. The molecule has 1 heterocycles. The molecule has 3 N–H and O–H groups in total. The van der Waals surface area contributed by atoms with Gasteiger partial charge in [-0.15, -0.1) is 0 Å². The molecule has 0 aliphatic carbocycles. The second kappa shape index (κ2) is 6.20. The zero-order valence-electron chi connectivity index (χ0n) is 11.1. The minimum Gasteiger partial charge on any atom is -0.398 e. The number of anilines is 2. The molecule has 100 valence electrons. The van der Waals surface area contributed by atoms with Gasteiger partial charge >= 0.3 is 0 Å². The molecule has 0 radical (unpaired) electrons. The molecule has 0 amide bonds. The molecular weight excluding hydrogens is 238 g/mol. The summed E-state index contributed by atoms with van der Waals surface area (Å²) in [7, 11) is 0. The number of pyridine rings is 1. The van der Waals surface area contributed by atoms with Gasteiger partial charge in [0.15, 0.2) is 0 Å². The van der Waals surface area contributed by atoms with Gasteiger partial charge in [0.05, 0.1) is 13.2 Å². The zero-order chi connectivity index (χ0) is 13.7. The maximum Gasteiger partial charge on any atom is 0.0672 e. The van der Waals surface area contributed by atoms with E-state index in [-0.39, 0.29) is 0 Å². The number of ether oxygens (including phenoxy) is 1. The van der Waals surface area contributed by atoms with Crippen molar-refractivity contribution in [2.75, 3.05) is 30.8 Å². The molecule has 0 atom stereocenters. The summed E-state index contributed by atoms with van der Waals surface area (Å²) in [5.41, 5.74) is 8.76. The van der Waals surface area contributed by atoms with Crippen LogP contribution in [0, 0.1) is 0 Å². The Morgan fingerprint density at radius 1 is 1.37 bits per heavy atom. The average Bonchev–Trinajstić information content (AvgIpc) is 2.41. The summed E-state index contributed by atoms with van der Waals surface area (Å²) in [5.74, 6) is 0. The number of nitrogen functional groups attached to an aromatic ring is 1. The molecule has 2 rings (SSSR count). The molecule has 0 bridgehead atoms. The van der Waals surface area contributed by atoms with E-state index in [1.807, 2.05) is 31.3 Å². The van der Waals surface area contributed by atoms with Gasteiger partial charge in [-0.1, -0.05) is 12.2 Å². The van der Waals surface area contributed by atoms with Crippen LogP contribution in [0.15, 0.2) is 42.7 Å². The number of nitrogens with two attached hydrogens (primary N) is 1. The Bertz CT molecular complexity index is 581. The van der Waals surface area contributed by atoms with Crippen LogP contribution in [0.5, 0.6) is 0 Å². The van der Waals surface area contributed by atoms with Gasteiger partial charge in [-0.3, -0.25) is 4.98 Å². The molecule has 4 heteroatoms. The highest BCUT2D eigenvalue weighted by molar-refractivity contribution is 6.00. The van der Waals surface area contributed by atoms with E-state index in [0.29, 0.717) is 13.2 Å². The Morgan fingerprint density at radius 3 is 3.00 bits per heavy atom. The largest absolute Gasteiger partial charge is 0.398 e. The van der Waals surface area contributed by atoms with E-state index in [0.717, 1.165) is 34.3 Å². The van der Waals surface area contributed by atoms with Crippen LogP contribution in [-0.4, -0.2) is 24.7 Å². The predicted octanol–water partition coefficient (Wildman–Crippen LogP) is 2.82. The fourth-order valence-corrected chi connectivity index (χ4v) is 1.87. The van der Waals surface area contributed by atoms with Gasteiger partial charge in [-0.25, -0.2) is 0 Å². The normalized spacial score (nSPS) is 10.6. The quantitative estimate of drug-likeness (QED) is 0.474. The Balaban J connectivity index is 2.01. The third-order valence-electron chi connectivity index (χ3n) is 2.76. The van der Waals surface area contributed by atoms with Crippen LogP contribution in [0.1, 0.15) is 6.92 Å². The smallest absolute Gasteiger partial charge is 0.0672 e. The van der Waals surface area contributed by atoms with Crippen molar-refractivity contribution in [3.63, 3.8) is 0 Å². The molecule has 4 nitrogen and oxygen atoms in total. The fourth-order valence-electron chi connectivity index (χ4n) is 1.87. The monoisotopic (exact) mass is 257 g/mol. The zero-order valence-corrected chi connectivity index (χ0v) is 11.1. The summed E-state index contributed by atoms with van der Waals surface area (Å²) in [6, 6.07) is 5.80. The van der Waals surface area contributed by atoms with E-state index in [1.165, 1.54) is 0 Å². The maximum atomic E-state index is 5.94. The lowest BCUT2D eigenvalue weighted by molar-refractivity contribution is 0.167. The van der Waals surface area contributed by atoms with Crippen molar-refractivity contribution in [1.82, 2.24) is 4.98 Å². The van der Waals surface area contributed by atoms with E-state index < -0.39 is 0 Å². The van der Waals surface area contributed by atoms with Crippen LogP contribution in [0.4, 0.5) is 11.4 Å². The number of rotatable bonds is 6. The first-order valence-electron chi connectivity index (χ1n) is 6.26. The standard InChI is InChI=1S/C15H19N3O/c1-11(2)10-19-8-7-18-15-4-3-14(16)12-5-6-17-9-13(12)15/h3-6,9,18H,1,7-8,10,16H2,2H3. The first kappa shape index (κ1) is 13.4. The number of benzene rings is 1. The molecule has 0 saturated carbocycles. The van der Waals surface area contributed by atoms with Gasteiger partial charge in [0.25, 0.3) is 0 Å². The van der Waals surface area contributed by atoms with Gasteiger partial charge in [0.2, 0.25) is 0 Å². The molecule has 0 aliphatic rings. The van der Waals surface area contributed by atoms with E-state index in [9.17, 15) is 0 Å². The number of nitrogens with one attached hydrogen (secondary N) is 1. The lowest BCUT2D eigenvalue weighted by Gasteiger charge is -2.11. The van der Waals surface area contributed by atoms with Gasteiger partial charge in [-0.2, -0.15) is 0 Å². The summed E-state index contributed by atoms with van der Waals surface area (Å²) in [5, 5.41) is 5.38. The molecule has 1 aromatic heterocycles. The molecular formula is C15H19N3O. The third kappa shape index (κ3) is 3.45. The second-order valence-corrected chi connectivity index (χ2v) is 4.56. The Hall–Kier alpha value is -2.07. The highest BCUT2D eigenvalue weighted by Crippen LogP contribution is 2.27. The molecule has 19 heavy (non-hydrogen) atoms. The van der Waals surface area contributed by atoms with Crippen LogP contribution in [0.2, 0.25) is 0 Å². The summed E-state index contributed by atoms with van der Waals surface area (Å²) in [6.07, 6.45) is 3.57. The van der Waals surface area contributed by atoms with Crippen LogP contribution in [0.25, 0.3) is 10.8 Å². The Morgan fingerprint density at radius 2 is 2.21 bits per heavy atom. The maximum absolute atomic E-state index is 5.94. The lowest BCUT2D eigenvalue weighted by atomic mass is 10.1. The van der Waals surface area contributed by atoms with E-state index in [4.69, 9.17) is 10.5 Å². The first-order chi connectivity index (χ1) is 9.18. The Labute approximate surface area is 113 Å². The molecule has 0 saturated heterocycles. The van der Waals surface area contributed by atoms with Crippen LogP contribution >= 0.6 is 0 Å². The van der Waals surface area contributed by atoms with Crippen molar-refractivity contribution in [3.05, 3.63) is 42.7 Å². The number of aromatic nitrogens is 1. The van der Waals surface area contributed by atoms with Gasteiger partial charge in [0, 0.05) is 41.1 Å². The van der Waals surface area contributed by atoms with Crippen LogP contribution < -0.4 is 11.1 Å². The van der Waals surface area contributed by atoms with E-state index in [2.05, 4.69) is 16.9 Å².